The fourth-order valence-corrected chi connectivity index (χ4v) is 9.92. The van der Waals surface area contributed by atoms with E-state index in [1.165, 1.54) is 270 Å². The van der Waals surface area contributed by atoms with Crippen molar-refractivity contribution in [3.63, 3.8) is 0 Å². The van der Waals surface area contributed by atoms with Crippen molar-refractivity contribution in [2.75, 3.05) is 13.2 Å². The highest BCUT2D eigenvalue weighted by Crippen LogP contribution is 2.17. The number of rotatable bonds is 60. The Morgan fingerprint density at radius 3 is 0.986 bits per heavy atom. The number of aliphatic hydroxyl groups excluding tert-OH is 2. The Bertz CT molecular complexity index is 1170. The first-order valence-corrected chi connectivity index (χ1v) is 32.3. The van der Waals surface area contributed by atoms with Crippen molar-refractivity contribution in [1.82, 2.24) is 5.32 Å². The molecule has 6 nitrogen and oxygen atoms in total. The Balaban J connectivity index is 3.47. The Labute approximate surface area is 449 Å². The number of allylic oxidation sites excluding steroid dienone is 5. The van der Waals surface area contributed by atoms with Gasteiger partial charge in [-0.2, -0.15) is 0 Å². The van der Waals surface area contributed by atoms with Crippen molar-refractivity contribution in [3.8, 4) is 0 Å². The Morgan fingerprint density at radius 2 is 0.653 bits per heavy atom. The molecule has 0 aromatic heterocycles. The molecule has 0 radical (unpaired) electrons. The summed E-state index contributed by atoms with van der Waals surface area (Å²) in [6, 6.07) is -0.636. The molecular formula is C66H125NO5. The van der Waals surface area contributed by atoms with Gasteiger partial charge >= 0.3 is 5.97 Å². The van der Waals surface area contributed by atoms with E-state index in [4.69, 9.17) is 4.74 Å². The molecule has 0 saturated carbocycles. The molecule has 0 aliphatic heterocycles. The summed E-state index contributed by atoms with van der Waals surface area (Å²) in [6.45, 7) is 4.90. The number of hydrogen-bond acceptors (Lipinski definition) is 5. The normalized spacial score (nSPS) is 12.8. The van der Waals surface area contributed by atoms with Crippen LogP contribution in [0.4, 0.5) is 0 Å². The van der Waals surface area contributed by atoms with Gasteiger partial charge in [-0.3, -0.25) is 9.59 Å². The number of ether oxygens (including phenoxy) is 1. The van der Waals surface area contributed by atoms with E-state index >= 15 is 0 Å². The molecule has 0 heterocycles. The zero-order valence-corrected chi connectivity index (χ0v) is 48.4. The lowest BCUT2D eigenvalue weighted by molar-refractivity contribution is -0.143. The molecule has 0 aliphatic carbocycles. The first kappa shape index (κ1) is 70.1. The van der Waals surface area contributed by atoms with Crippen LogP contribution in [0, 0.1) is 0 Å². The minimum atomic E-state index is -0.851. The number of nitrogens with one attached hydrogen (secondary N) is 1. The fraction of sp³-hybridized carbons (Fsp3) is 0.879. The largest absolute Gasteiger partial charge is 0.466 e. The summed E-state index contributed by atoms with van der Waals surface area (Å²) in [7, 11) is 0. The van der Waals surface area contributed by atoms with Crippen LogP contribution >= 0.6 is 0 Å². The molecule has 424 valence electrons. The van der Waals surface area contributed by atoms with Gasteiger partial charge in [-0.1, -0.05) is 288 Å². The van der Waals surface area contributed by atoms with Gasteiger partial charge in [0.1, 0.15) is 0 Å². The van der Waals surface area contributed by atoms with Crippen LogP contribution in [0.15, 0.2) is 36.5 Å². The lowest BCUT2D eigenvalue weighted by Gasteiger charge is -2.20. The Hall–Kier alpha value is -1.92. The summed E-state index contributed by atoms with van der Waals surface area (Å²) >= 11 is 0. The van der Waals surface area contributed by atoms with Gasteiger partial charge in [-0.15, -0.1) is 0 Å². The van der Waals surface area contributed by atoms with E-state index in [1.54, 1.807) is 6.08 Å². The van der Waals surface area contributed by atoms with Crippen molar-refractivity contribution in [1.29, 1.82) is 0 Å². The first-order valence-electron chi connectivity index (χ1n) is 32.3. The number of carbonyl (C=O) groups is 2. The van der Waals surface area contributed by atoms with Crippen LogP contribution in [-0.2, 0) is 14.3 Å². The maximum atomic E-state index is 12.5. The van der Waals surface area contributed by atoms with Crippen LogP contribution in [0.1, 0.15) is 348 Å². The summed E-state index contributed by atoms with van der Waals surface area (Å²) in [6.07, 6.45) is 77.6. The topological polar surface area (TPSA) is 95.9 Å². The van der Waals surface area contributed by atoms with Crippen LogP contribution in [0.2, 0.25) is 0 Å². The van der Waals surface area contributed by atoms with E-state index in [-0.39, 0.29) is 18.5 Å². The molecule has 2 atom stereocenters. The standard InChI is InChI=1S/C66H125NO5/c1-3-5-7-9-11-13-15-17-19-20-21-22-25-28-31-34-38-42-46-50-54-58-64(69)63(62-68)67-65(70)59-55-51-47-43-39-35-32-29-26-23-24-27-30-33-37-41-45-49-53-57-61-72-66(71)60-56-52-48-44-40-36-18-16-14-12-10-8-6-4-2/h16,18,23,26,54,58,63-64,68-69H,3-15,17,19-22,24-25,27-53,55-57,59-62H2,1-2H3,(H,67,70)/b18-16-,26-23-,58-54+. The van der Waals surface area contributed by atoms with Gasteiger partial charge in [0.25, 0.3) is 0 Å². The fourth-order valence-electron chi connectivity index (χ4n) is 9.92. The smallest absolute Gasteiger partial charge is 0.305 e. The zero-order valence-electron chi connectivity index (χ0n) is 48.4. The van der Waals surface area contributed by atoms with E-state index in [0.717, 1.165) is 51.4 Å². The third-order valence-corrected chi connectivity index (χ3v) is 14.9. The van der Waals surface area contributed by atoms with Gasteiger partial charge in [-0.25, -0.2) is 0 Å². The Kier molecular flexibility index (Phi) is 60.0. The second-order valence-corrected chi connectivity index (χ2v) is 22.1. The lowest BCUT2D eigenvalue weighted by Crippen LogP contribution is -2.45. The van der Waals surface area contributed by atoms with Crippen LogP contribution in [0.5, 0.6) is 0 Å². The molecule has 0 aromatic rings. The monoisotopic (exact) mass is 1010 g/mol. The maximum absolute atomic E-state index is 12.5. The number of hydrogen-bond donors (Lipinski definition) is 3. The van der Waals surface area contributed by atoms with Gasteiger partial charge in [0, 0.05) is 12.8 Å². The molecule has 2 unspecified atom stereocenters. The van der Waals surface area contributed by atoms with Gasteiger partial charge < -0.3 is 20.3 Å². The quantitative estimate of drug-likeness (QED) is 0.0320. The van der Waals surface area contributed by atoms with Crippen LogP contribution in [0.3, 0.4) is 0 Å². The molecule has 0 aliphatic rings. The SMILES string of the molecule is CCCCCCC/C=C\CCCCCCCC(=O)OCCCCCCCCCCC/C=C\CCCCCCCCCC(=O)NC(CO)C(O)/C=C/CCCCCCCCCCCCCCCCCCCCC. The van der Waals surface area contributed by atoms with Gasteiger partial charge in [0.05, 0.1) is 25.4 Å². The van der Waals surface area contributed by atoms with Gasteiger partial charge in [-0.05, 0) is 83.5 Å². The van der Waals surface area contributed by atoms with Crippen LogP contribution < -0.4 is 5.32 Å². The summed E-state index contributed by atoms with van der Waals surface area (Å²) in [5, 5.41) is 23.2. The number of amides is 1. The molecule has 3 N–H and O–H groups in total. The number of aliphatic hydroxyl groups is 2. The minimum absolute atomic E-state index is 0.00275. The third-order valence-electron chi connectivity index (χ3n) is 14.9. The molecule has 6 heteroatoms. The average molecular weight is 1010 g/mol. The molecule has 1 amide bonds. The summed E-state index contributed by atoms with van der Waals surface area (Å²) in [4.78, 5) is 24.5. The van der Waals surface area contributed by atoms with E-state index in [0.29, 0.717) is 19.4 Å². The Morgan fingerprint density at radius 1 is 0.375 bits per heavy atom. The molecular weight excluding hydrogens is 887 g/mol. The molecule has 0 aromatic carbocycles. The molecule has 0 spiro atoms. The van der Waals surface area contributed by atoms with E-state index < -0.39 is 12.1 Å². The summed E-state index contributed by atoms with van der Waals surface area (Å²) in [5.41, 5.74) is 0. The predicted molar refractivity (Wildman–Crippen MR) is 315 cm³/mol. The van der Waals surface area contributed by atoms with E-state index in [9.17, 15) is 19.8 Å². The second-order valence-electron chi connectivity index (χ2n) is 22.1. The van der Waals surface area contributed by atoms with Crippen molar-refractivity contribution in [3.05, 3.63) is 36.5 Å². The molecule has 0 saturated heterocycles. The van der Waals surface area contributed by atoms with Crippen LogP contribution in [-0.4, -0.2) is 47.4 Å². The van der Waals surface area contributed by atoms with Crippen molar-refractivity contribution in [2.45, 2.75) is 360 Å². The van der Waals surface area contributed by atoms with E-state index in [1.807, 2.05) is 6.08 Å². The second kappa shape index (κ2) is 61.6. The maximum Gasteiger partial charge on any atom is 0.305 e. The highest BCUT2D eigenvalue weighted by atomic mass is 16.5. The molecule has 0 fully saturated rings. The summed E-state index contributed by atoms with van der Waals surface area (Å²) in [5.74, 6) is -0.0768. The van der Waals surface area contributed by atoms with Crippen molar-refractivity contribution >= 4 is 11.9 Å². The minimum Gasteiger partial charge on any atom is -0.466 e. The zero-order chi connectivity index (χ0) is 52.2. The number of carbonyl (C=O) groups excluding carboxylic acids is 2. The van der Waals surface area contributed by atoms with Gasteiger partial charge in [0.15, 0.2) is 0 Å². The molecule has 72 heavy (non-hydrogen) atoms. The molecule has 0 rings (SSSR count). The van der Waals surface area contributed by atoms with E-state index in [2.05, 4.69) is 43.5 Å². The average Bonchev–Trinajstić information content (AvgIpc) is 3.38. The highest BCUT2D eigenvalue weighted by Gasteiger charge is 2.18. The van der Waals surface area contributed by atoms with Crippen LogP contribution in [0.25, 0.3) is 0 Å². The lowest BCUT2D eigenvalue weighted by atomic mass is 10.0. The van der Waals surface area contributed by atoms with Crippen molar-refractivity contribution < 1.29 is 24.5 Å². The number of esters is 1. The van der Waals surface area contributed by atoms with Gasteiger partial charge in [0.2, 0.25) is 5.91 Å². The first-order chi connectivity index (χ1) is 35.5. The summed E-state index contributed by atoms with van der Waals surface area (Å²) < 4.78 is 5.47. The molecule has 0 bridgehead atoms. The number of unbranched alkanes of at least 4 members (excludes halogenated alkanes) is 45. The highest BCUT2D eigenvalue weighted by molar-refractivity contribution is 5.76. The van der Waals surface area contributed by atoms with Crippen molar-refractivity contribution in [2.24, 2.45) is 0 Å². The predicted octanol–water partition coefficient (Wildman–Crippen LogP) is 20.4. The third kappa shape index (κ3) is 57.4.